The summed E-state index contributed by atoms with van der Waals surface area (Å²) in [4.78, 5) is 7.67. The zero-order valence-electron chi connectivity index (χ0n) is 9.70. The molecule has 2 aromatic rings. The van der Waals surface area contributed by atoms with Crippen LogP contribution < -0.4 is 5.73 Å². The van der Waals surface area contributed by atoms with Gasteiger partial charge in [-0.1, -0.05) is 30.3 Å². The number of rotatable bonds is 3. The van der Waals surface area contributed by atoms with E-state index in [0.717, 1.165) is 11.5 Å². The fourth-order valence-corrected chi connectivity index (χ4v) is 1.77. The number of nitrogens with zero attached hydrogens (tertiary/aromatic N) is 1. The van der Waals surface area contributed by atoms with E-state index >= 15 is 0 Å². The van der Waals surface area contributed by atoms with Crippen LogP contribution in [-0.2, 0) is 12.0 Å². The highest BCUT2D eigenvalue weighted by Gasteiger charge is 2.25. The minimum Gasteiger partial charge on any atom is -0.344 e. The number of hydrogen-bond acceptors (Lipinski definition) is 2. The van der Waals surface area contributed by atoms with Crippen LogP contribution in [0.2, 0.25) is 0 Å². The molecular formula is C13H17N3. The number of aromatic nitrogens is 2. The lowest BCUT2D eigenvalue weighted by molar-refractivity contribution is 0.597. The van der Waals surface area contributed by atoms with Crippen LogP contribution in [0.1, 0.15) is 30.9 Å². The molecule has 0 spiro atoms. The molecule has 16 heavy (non-hydrogen) atoms. The van der Waals surface area contributed by atoms with Crippen LogP contribution in [0.25, 0.3) is 0 Å². The van der Waals surface area contributed by atoms with Crippen LogP contribution in [0, 0.1) is 0 Å². The topological polar surface area (TPSA) is 54.7 Å². The van der Waals surface area contributed by atoms with Crippen molar-refractivity contribution in [1.29, 1.82) is 0 Å². The summed E-state index contributed by atoms with van der Waals surface area (Å²) < 4.78 is 0. The summed E-state index contributed by atoms with van der Waals surface area (Å²) in [6.07, 6.45) is 1.81. The highest BCUT2D eigenvalue weighted by Crippen LogP contribution is 2.28. The Morgan fingerprint density at radius 1 is 1.25 bits per heavy atom. The Kier molecular flexibility index (Phi) is 2.79. The van der Waals surface area contributed by atoms with Crippen molar-refractivity contribution in [3.8, 4) is 0 Å². The molecule has 0 atom stereocenters. The Bertz CT molecular complexity index is 457. The van der Waals surface area contributed by atoms with E-state index < -0.39 is 0 Å². The first kappa shape index (κ1) is 10.9. The standard InChI is InChI=1S/C13H17N3/c1-13(2,10-6-4-3-5-7-10)12-15-9-11(8-14)16-12/h3-7,9H,8,14H2,1-2H3,(H,15,16). The summed E-state index contributed by atoms with van der Waals surface area (Å²) in [6.45, 7) is 4.81. The van der Waals surface area contributed by atoms with Crippen LogP contribution in [0.3, 0.4) is 0 Å². The molecule has 3 heteroatoms. The van der Waals surface area contributed by atoms with Crippen molar-refractivity contribution < 1.29 is 0 Å². The maximum Gasteiger partial charge on any atom is 0.116 e. The molecule has 0 saturated carbocycles. The van der Waals surface area contributed by atoms with Crippen molar-refractivity contribution in [3.63, 3.8) is 0 Å². The summed E-state index contributed by atoms with van der Waals surface area (Å²) in [5.74, 6) is 0.958. The molecular weight excluding hydrogens is 198 g/mol. The minimum absolute atomic E-state index is 0.116. The van der Waals surface area contributed by atoms with Gasteiger partial charge in [-0.3, -0.25) is 0 Å². The Hall–Kier alpha value is -1.61. The number of benzene rings is 1. The molecule has 3 N–H and O–H groups in total. The average Bonchev–Trinajstić information content (AvgIpc) is 2.79. The van der Waals surface area contributed by atoms with Gasteiger partial charge in [-0.25, -0.2) is 4.98 Å². The lowest BCUT2D eigenvalue weighted by atomic mass is 9.84. The lowest BCUT2D eigenvalue weighted by Crippen LogP contribution is -2.20. The van der Waals surface area contributed by atoms with E-state index in [1.807, 2.05) is 18.2 Å². The third kappa shape index (κ3) is 1.86. The van der Waals surface area contributed by atoms with Crippen molar-refractivity contribution in [1.82, 2.24) is 9.97 Å². The number of aromatic amines is 1. The van der Waals surface area contributed by atoms with Gasteiger partial charge in [0.2, 0.25) is 0 Å². The van der Waals surface area contributed by atoms with Gasteiger partial charge in [0.15, 0.2) is 0 Å². The monoisotopic (exact) mass is 215 g/mol. The molecule has 0 aliphatic rings. The molecule has 0 amide bonds. The van der Waals surface area contributed by atoms with E-state index in [2.05, 4.69) is 35.9 Å². The average molecular weight is 215 g/mol. The number of nitrogens with one attached hydrogen (secondary N) is 1. The lowest BCUT2D eigenvalue weighted by Gasteiger charge is -2.22. The number of imidazole rings is 1. The normalized spacial score (nSPS) is 11.7. The van der Waals surface area contributed by atoms with Crippen molar-refractivity contribution in [2.24, 2.45) is 5.73 Å². The first-order valence-electron chi connectivity index (χ1n) is 5.44. The molecule has 0 bridgehead atoms. The maximum absolute atomic E-state index is 5.57. The second kappa shape index (κ2) is 4.10. The van der Waals surface area contributed by atoms with E-state index in [4.69, 9.17) is 5.73 Å². The van der Waals surface area contributed by atoms with Gasteiger partial charge in [0.1, 0.15) is 5.82 Å². The predicted octanol–water partition coefficient (Wildman–Crippen LogP) is 2.19. The van der Waals surface area contributed by atoms with E-state index in [9.17, 15) is 0 Å². The maximum atomic E-state index is 5.57. The summed E-state index contributed by atoms with van der Waals surface area (Å²) in [5.41, 5.74) is 7.67. The molecule has 1 aromatic heterocycles. The summed E-state index contributed by atoms with van der Waals surface area (Å²) in [7, 11) is 0. The zero-order valence-corrected chi connectivity index (χ0v) is 9.70. The van der Waals surface area contributed by atoms with Crippen molar-refractivity contribution >= 4 is 0 Å². The fourth-order valence-electron chi connectivity index (χ4n) is 1.77. The molecule has 0 aliphatic heterocycles. The molecule has 0 unspecified atom stereocenters. The van der Waals surface area contributed by atoms with Gasteiger partial charge in [0, 0.05) is 23.9 Å². The molecule has 0 saturated heterocycles. The van der Waals surface area contributed by atoms with Gasteiger partial charge < -0.3 is 10.7 Å². The Balaban J connectivity index is 2.38. The predicted molar refractivity (Wildman–Crippen MR) is 65.0 cm³/mol. The van der Waals surface area contributed by atoms with Crippen LogP contribution in [-0.4, -0.2) is 9.97 Å². The zero-order chi connectivity index (χ0) is 11.6. The number of nitrogens with two attached hydrogens (primary N) is 1. The minimum atomic E-state index is -0.116. The Morgan fingerprint density at radius 2 is 1.94 bits per heavy atom. The Labute approximate surface area is 95.7 Å². The van der Waals surface area contributed by atoms with E-state index in [-0.39, 0.29) is 5.41 Å². The van der Waals surface area contributed by atoms with E-state index in [1.54, 1.807) is 6.20 Å². The van der Waals surface area contributed by atoms with Crippen LogP contribution in [0.4, 0.5) is 0 Å². The summed E-state index contributed by atoms with van der Waals surface area (Å²) in [5, 5.41) is 0. The highest BCUT2D eigenvalue weighted by molar-refractivity contribution is 5.31. The molecule has 0 radical (unpaired) electrons. The smallest absolute Gasteiger partial charge is 0.116 e. The largest absolute Gasteiger partial charge is 0.344 e. The SMILES string of the molecule is CC(C)(c1ccccc1)c1ncc(CN)[nH]1. The number of H-pyrrole nitrogens is 1. The molecule has 0 aliphatic carbocycles. The van der Waals surface area contributed by atoms with Crippen LogP contribution in [0.15, 0.2) is 36.5 Å². The summed E-state index contributed by atoms with van der Waals surface area (Å²) >= 11 is 0. The first-order valence-corrected chi connectivity index (χ1v) is 5.44. The van der Waals surface area contributed by atoms with Gasteiger partial charge in [-0.2, -0.15) is 0 Å². The molecule has 84 valence electrons. The van der Waals surface area contributed by atoms with E-state index in [1.165, 1.54) is 5.56 Å². The van der Waals surface area contributed by atoms with Crippen molar-refractivity contribution in [3.05, 3.63) is 53.6 Å². The van der Waals surface area contributed by atoms with Gasteiger partial charge in [-0.05, 0) is 19.4 Å². The number of hydrogen-bond donors (Lipinski definition) is 2. The Morgan fingerprint density at radius 3 is 2.50 bits per heavy atom. The second-order valence-corrected chi connectivity index (χ2v) is 4.45. The van der Waals surface area contributed by atoms with Crippen molar-refractivity contribution in [2.75, 3.05) is 0 Å². The highest BCUT2D eigenvalue weighted by atomic mass is 14.9. The second-order valence-electron chi connectivity index (χ2n) is 4.45. The quantitative estimate of drug-likeness (QED) is 0.824. The molecule has 0 fully saturated rings. The molecule has 3 nitrogen and oxygen atoms in total. The molecule has 1 aromatic carbocycles. The third-order valence-corrected chi connectivity index (χ3v) is 2.94. The molecule has 2 rings (SSSR count). The third-order valence-electron chi connectivity index (χ3n) is 2.94. The van der Waals surface area contributed by atoms with E-state index in [0.29, 0.717) is 6.54 Å². The van der Waals surface area contributed by atoms with Crippen molar-refractivity contribution in [2.45, 2.75) is 25.8 Å². The fraction of sp³-hybridized carbons (Fsp3) is 0.308. The van der Waals surface area contributed by atoms with Gasteiger partial charge in [0.25, 0.3) is 0 Å². The summed E-state index contributed by atoms with van der Waals surface area (Å²) in [6, 6.07) is 10.3. The molecule has 1 heterocycles. The van der Waals surface area contributed by atoms with Gasteiger partial charge in [-0.15, -0.1) is 0 Å². The van der Waals surface area contributed by atoms with Crippen LogP contribution in [0.5, 0.6) is 0 Å². The van der Waals surface area contributed by atoms with Gasteiger partial charge in [0.05, 0.1) is 0 Å². The van der Waals surface area contributed by atoms with Crippen LogP contribution >= 0.6 is 0 Å². The first-order chi connectivity index (χ1) is 7.64. The van der Waals surface area contributed by atoms with Gasteiger partial charge >= 0.3 is 0 Å².